The van der Waals surface area contributed by atoms with Gasteiger partial charge in [0.05, 0.1) is 0 Å². The molecule has 0 aromatic heterocycles. The molecular weight excluding hydrogens is 274 g/mol. The maximum atomic E-state index is 6.01. The molecule has 0 spiro atoms. The van der Waals surface area contributed by atoms with Crippen LogP contribution in [0.15, 0.2) is 42.5 Å². The second-order valence-electron chi connectivity index (χ2n) is 4.85. The molecule has 0 aliphatic carbocycles. The molecule has 1 N–H and O–H groups in total. The highest BCUT2D eigenvalue weighted by Crippen LogP contribution is 2.32. The van der Waals surface area contributed by atoms with Crippen molar-refractivity contribution >= 4 is 11.6 Å². The molecule has 1 atom stereocenters. The first-order valence-corrected chi connectivity index (χ1v) is 6.97. The molecule has 0 saturated heterocycles. The Morgan fingerprint density at radius 1 is 1.15 bits per heavy atom. The maximum Gasteiger partial charge on any atom is 0.231 e. The minimum absolute atomic E-state index is 0.235. The summed E-state index contributed by atoms with van der Waals surface area (Å²) in [6.45, 7) is 3.20. The first kappa shape index (κ1) is 13.3. The molecule has 1 aliphatic rings. The third-order valence-electron chi connectivity index (χ3n) is 3.40. The molecule has 104 valence electrons. The summed E-state index contributed by atoms with van der Waals surface area (Å²) >= 11 is 6.01. The summed E-state index contributed by atoms with van der Waals surface area (Å²) in [5.41, 5.74) is 2.35. The molecule has 2 aromatic carbocycles. The molecule has 2 aromatic rings. The summed E-state index contributed by atoms with van der Waals surface area (Å²) in [6, 6.07) is 14.2. The predicted molar refractivity (Wildman–Crippen MR) is 79.3 cm³/mol. The van der Waals surface area contributed by atoms with E-state index < -0.39 is 0 Å². The minimum Gasteiger partial charge on any atom is -0.454 e. The number of nitrogens with one attached hydrogen (secondary N) is 1. The largest absolute Gasteiger partial charge is 0.454 e. The Balaban J connectivity index is 1.64. The number of hydrogen-bond acceptors (Lipinski definition) is 3. The molecule has 0 saturated carbocycles. The Bertz CT molecular complexity index is 615. The van der Waals surface area contributed by atoms with Crippen molar-refractivity contribution in [2.75, 3.05) is 6.79 Å². The average Bonchev–Trinajstić information content (AvgIpc) is 2.92. The van der Waals surface area contributed by atoms with Gasteiger partial charge in [-0.3, -0.25) is 0 Å². The average molecular weight is 290 g/mol. The van der Waals surface area contributed by atoms with Gasteiger partial charge in [0.25, 0.3) is 0 Å². The summed E-state index contributed by atoms with van der Waals surface area (Å²) in [4.78, 5) is 0. The van der Waals surface area contributed by atoms with Gasteiger partial charge in [0, 0.05) is 17.6 Å². The molecule has 4 heteroatoms. The first-order valence-electron chi connectivity index (χ1n) is 6.60. The summed E-state index contributed by atoms with van der Waals surface area (Å²) in [5.74, 6) is 1.64. The predicted octanol–water partition coefficient (Wildman–Crippen LogP) is 3.92. The second kappa shape index (κ2) is 5.73. The van der Waals surface area contributed by atoms with Crippen LogP contribution in [0.3, 0.4) is 0 Å². The van der Waals surface area contributed by atoms with E-state index in [0.29, 0.717) is 6.79 Å². The topological polar surface area (TPSA) is 30.5 Å². The molecule has 3 nitrogen and oxygen atoms in total. The highest BCUT2D eigenvalue weighted by Gasteiger charge is 2.13. The Morgan fingerprint density at radius 2 is 2.00 bits per heavy atom. The van der Waals surface area contributed by atoms with E-state index in [1.54, 1.807) is 0 Å². The van der Waals surface area contributed by atoms with E-state index in [1.807, 2.05) is 36.4 Å². The van der Waals surface area contributed by atoms with Crippen molar-refractivity contribution in [3.8, 4) is 11.5 Å². The molecule has 3 rings (SSSR count). The Labute approximate surface area is 123 Å². The van der Waals surface area contributed by atoms with Crippen molar-refractivity contribution in [1.29, 1.82) is 0 Å². The maximum absolute atomic E-state index is 6.01. The number of fused-ring (bicyclic) bond motifs is 1. The van der Waals surface area contributed by atoms with Crippen LogP contribution in [-0.2, 0) is 6.54 Å². The summed E-state index contributed by atoms with van der Waals surface area (Å²) in [5, 5.41) is 4.24. The third kappa shape index (κ3) is 2.89. The minimum atomic E-state index is 0.235. The van der Waals surface area contributed by atoms with Gasteiger partial charge in [-0.1, -0.05) is 29.8 Å². The van der Waals surface area contributed by atoms with Gasteiger partial charge in [-0.25, -0.2) is 0 Å². The normalized spacial score (nSPS) is 14.3. The van der Waals surface area contributed by atoms with Gasteiger partial charge in [-0.2, -0.15) is 0 Å². The van der Waals surface area contributed by atoms with Gasteiger partial charge in [0.1, 0.15) is 0 Å². The lowest BCUT2D eigenvalue weighted by atomic mass is 10.1. The Kier molecular flexibility index (Phi) is 3.81. The van der Waals surface area contributed by atoms with Crippen LogP contribution >= 0.6 is 11.6 Å². The van der Waals surface area contributed by atoms with Crippen LogP contribution in [-0.4, -0.2) is 6.79 Å². The van der Waals surface area contributed by atoms with Crippen LogP contribution in [0.5, 0.6) is 11.5 Å². The zero-order valence-corrected chi connectivity index (χ0v) is 12.0. The SMILES string of the molecule is C[C@H](NCc1ccc2c(c1)OCO2)c1cccc(Cl)c1. The van der Waals surface area contributed by atoms with Gasteiger partial charge >= 0.3 is 0 Å². The van der Waals surface area contributed by atoms with Gasteiger partial charge in [0.2, 0.25) is 6.79 Å². The molecule has 0 unspecified atom stereocenters. The van der Waals surface area contributed by atoms with Gasteiger partial charge < -0.3 is 14.8 Å². The quantitative estimate of drug-likeness (QED) is 0.925. The molecule has 1 heterocycles. The van der Waals surface area contributed by atoms with Crippen LogP contribution in [0, 0.1) is 0 Å². The van der Waals surface area contributed by atoms with E-state index in [2.05, 4.69) is 18.3 Å². The monoisotopic (exact) mass is 289 g/mol. The fourth-order valence-corrected chi connectivity index (χ4v) is 2.41. The number of rotatable bonds is 4. The number of halogens is 1. The molecule has 0 radical (unpaired) electrons. The van der Waals surface area contributed by atoms with E-state index in [4.69, 9.17) is 21.1 Å². The van der Waals surface area contributed by atoms with Crippen LogP contribution in [0.2, 0.25) is 5.02 Å². The fraction of sp³-hybridized carbons (Fsp3) is 0.250. The molecule has 0 bridgehead atoms. The number of ether oxygens (including phenoxy) is 2. The van der Waals surface area contributed by atoms with E-state index in [9.17, 15) is 0 Å². The van der Waals surface area contributed by atoms with E-state index in [0.717, 1.165) is 23.1 Å². The number of hydrogen-bond donors (Lipinski definition) is 1. The smallest absolute Gasteiger partial charge is 0.231 e. The Hall–Kier alpha value is -1.71. The third-order valence-corrected chi connectivity index (χ3v) is 3.63. The van der Waals surface area contributed by atoms with Crippen LogP contribution in [0.25, 0.3) is 0 Å². The van der Waals surface area contributed by atoms with Crippen molar-refractivity contribution in [3.05, 3.63) is 58.6 Å². The standard InChI is InChI=1S/C16H16ClNO2/c1-11(13-3-2-4-14(17)8-13)18-9-12-5-6-15-16(7-12)20-10-19-15/h2-8,11,18H,9-10H2,1H3/t11-/m0/s1. The van der Waals surface area contributed by atoms with Gasteiger partial charge in [-0.05, 0) is 42.3 Å². The van der Waals surface area contributed by atoms with E-state index in [1.165, 1.54) is 11.1 Å². The second-order valence-corrected chi connectivity index (χ2v) is 5.28. The molecule has 20 heavy (non-hydrogen) atoms. The van der Waals surface area contributed by atoms with Gasteiger partial charge in [-0.15, -0.1) is 0 Å². The zero-order chi connectivity index (χ0) is 13.9. The molecule has 0 fully saturated rings. The van der Waals surface area contributed by atoms with Crippen molar-refractivity contribution in [3.63, 3.8) is 0 Å². The number of benzene rings is 2. The lowest BCUT2D eigenvalue weighted by Gasteiger charge is -2.14. The fourth-order valence-electron chi connectivity index (χ4n) is 2.22. The van der Waals surface area contributed by atoms with Crippen molar-refractivity contribution in [2.45, 2.75) is 19.5 Å². The molecule has 1 aliphatic heterocycles. The lowest BCUT2D eigenvalue weighted by Crippen LogP contribution is -2.17. The highest BCUT2D eigenvalue weighted by atomic mass is 35.5. The van der Waals surface area contributed by atoms with Crippen LogP contribution < -0.4 is 14.8 Å². The first-order chi connectivity index (χ1) is 9.72. The Morgan fingerprint density at radius 3 is 2.85 bits per heavy atom. The summed E-state index contributed by atoms with van der Waals surface area (Å²) in [7, 11) is 0. The van der Waals surface area contributed by atoms with Crippen molar-refractivity contribution in [2.24, 2.45) is 0 Å². The van der Waals surface area contributed by atoms with Gasteiger partial charge in [0.15, 0.2) is 11.5 Å². The van der Waals surface area contributed by atoms with Crippen molar-refractivity contribution < 1.29 is 9.47 Å². The van der Waals surface area contributed by atoms with Crippen LogP contribution in [0.4, 0.5) is 0 Å². The van der Waals surface area contributed by atoms with E-state index >= 15 is 0 Å². The molecule has 0 amide bonds. The van der Waals surface area contributed by atoms with Crippen LogP contribution in [0.1, 0.15) is 24.1 Å². The lowest BCUT2D eigenvalue weighted by molar-refractivity contribution is 0.174. The highest BCUT2D eigenvalue weighted by molar-refractivity contribution is 6.30. The van der Waals surface area contributed by atoms with Crippen molar-refractivity contribution in [1.82, 2.24) is 5.32 Å². The summed E-state index contributed by atoms with van der Waals surface area (Å²) < 4.78 is 10.7. The summed E-state index contributed by atoms with van der Waals surface area (Å²) in [6.07, 6.45) is 0. The molecular formula is C16H16ClNO2. The zero-order valence-electron chi connectivity index (χ0n) is 11.2. The van der Waals surface area contributed by atoms with E-state index in [-0.39, 0.29) is 6.04 Å².